The number of nitro benzene ring substituents is 1. The number of rotatable bonds is 5. The molecule has 1 aromatic rings. The van der Waals surface area contributed by atoms with Crippen LogP contribution in [0.2, 0.25) is 0 Å². The Morgan fingerprint density at radius 1 is 1.44 bits per heavy atom. The van der Waals surface area contributed by atoms with Crippen molar-refractivity contribution in [3.8, 4) is 0 Å². The number of allylic oxidation sites excluding steroid dienone is 1. The van der Waals surface area contributed by atoms with E-state index in [0.717, 1.165) is 4.90 Å². The van der Waals surface area contributed by atoms with Gasteiger partial charge in [-0.2, -0.15) is 0 Å². The van der Waals surface area contributed by atoms with Crippen LogP contribution in [0, 0.1) is 10.1 Å². The maximum Gasteiger partial charge on any atom is 0.338 e. The molecule has 1 N–H and O–H groups in total. The van der Waals surface area contributed by atoms with Crippen LogP contribution >= 0.6 is 0 Å². The van der Waals surface area contributed by atoms with E-state index in [2.05, 4.69) is 0 Å². The molecule has 0 fully saturated rings. The second-order valence-electron chi connectivity index (χ2n) is 5.43. The Morgan fingerprint density at radius 3 is 2.68 bits per heavy atom. The molecule has 9 heteroatoms. The Bertz CT molecular complexity index is 745. The van der Waals surface area contributed by atoms with Gasteiger partial charge in [-0.25, -0.2) is 9.59 Å². The number of aliphatic hydroxyl groups excluding tert-OH is 1. The third-order valence-electron chi connectivity index (χ3n) is 4.06. The van der Waals surface area contributed by atoms with Gasteiger partial charge in [0, 0.05) is 24.9 Å². The lowest BCUT2D eigenvalue weighted by Gasteiger charge is -2.40. The molecule has 1 heterocycles. The maximum absolute atomic E-state index is 12.5. The van der Waals surface area contributed by atoms with Crippen molar-refractivity contribution in [3.05, 3.63) is 51.2 Å². The van der Waals surface area contributed by atoms with Crippen LogP contribution in [0.15, 0.2) is 35.5 Å². The first-order valence-electron chi connectivity index (χ1n) is 7.60. The van der Waals surface area contributed by atoms with Crippen molar-refractivity contribution in [3.63, 3.8) is 0 Å². The fourth-order valence-electron chi connectivity index (χ4n) is 2.75. The lowest BCUT2D eigenvalue weighted by atomic mass is 9.93. The van der Waals surface area contributed by atoms with Gasteiger partial charge >= 0.3 is 12.0 Å². The molecule has 1 aliphatic rings. The van der Waals surface area contributed by atoms with Crippen molar-refractivity contribution in [1.29, 1.82) is 0 Å². The monoisotopic (exact) mass is 349 g/mol. The van der Waals surface area contributed by atoms with Crippen LogP contribution in [0.5, 0.6) is 0 Å². The van der Waals surface area contributed by atoms with E-state index < -0.39 is 29.7 Å². The number of benzene rings is 1. The number of hydrogen-bond acceptors (Lipinski definition) is 6. The van der Waals surface area contributed by atoms with E-state index in [1.807, 2.05) is 0 Å². The molecule has 0 aromatic heterocycles. The van der Waals surface area contributed by atoms with Crippen LogP contribution in [-0.2, 0) is 9.53 Å². The predicted molar refractivity (Wildman–Crippen MR) is 87.3 cm³/mol. The number of urea groups is 1. The average Bonchev–Trinajstić information content (AvgIpc) is 2.59. The Morgan fingerprint density at radius 2 is 2.12 bits per heavy atom. The molecule has 0 spiro atoms. The Labute approximate surface area is 144 Å². The number of ether oxygens (including phenoxy) is 1. The predicted octanol–water partition coefficient (Wildman–Crippen LogP) is 1.79. The molecular weight excluding hydrogens is 330 g/mol. The molecule has 9 nitrogen and oxygen atoms in total. The SMILES string of the molecule is CCOC(=O)C1=C(C)N(C)C(=O)N(CO)C1c1cccc([N+](=O)[O-])c1. The van der Waals surface area contributed by atoms with Gasteiger partial charge in [-0.05, 0) is 19.4 Å². The summed E-state index contributed by atoms with van der Waals surface area (Å²) in [4.78, 5) is 37.7. The quantitative estimate of drug-likeness (QED) is 0.492. The van der Waals surface area contributed by atoms with Gasteiger partial charge in [0.15, 0.2) is 0 Å². The number of non-ortho nitro benzene ring substituents is 1. The van der Waals surface area contributed by atoms with E-state index in [9.17, 15) is 24.8 Å². The summed E-state index contributed by atoms with van der Waals surface area (Å²) in [5, 5.41) is 20.7. The molecule has 0 aliphatic carbocycles. The first-order valence-corrected chi connectivity index (χ1v) is 7.60. The molecule has 1 aliphatic heterocycles. The van der Waals surface area contributed by atoms with Gasteiger partial charge in [0.2, 0.25) is 0 Å². The first-order chi connectivity index (χ1) is 11.8. The number of hydrogen-bond donors (Lipinski definition) is 1. The highest BCUT2D eigenvalue weighted by Gasteiger charge is 2.41. The van der Waals surface area contributed by atoms with E-state index in [4.69, 9.17) is 4.74 Å². The Hall–Kier alpha value is -2.94. The molecule has 0 radical (unpaired) electrons. The van der Waals surface area contributed by atoms with Gasteiger partial charge in [0.05, 0.1) is 23.1 Å². The summed E-state index contributed by atoms with van der Waals surface area (Å²) in [6.45, 7) is 2.71. The van der Waals surface area contributed by atoms with Crippen molar-refractivity contribution in [2.24, 2.45) is 0 Å². The van der Waals surface area contributed by atoms with Crippen molar-refractivity contribution in [2.45, 2.75) is 19.9 Å². The average molecular weight is 349 g/mol. The van der Waals surface area contributed by atoms with Crippen molar-refractivity contribution in [1.82, 2.24) is 9.80 Å². The largest absolute Gasteiger partial charge is 0.463 e. The van der Waals surface area contributed by atoms with Crippen molar-refractivity contribution in [2.75, 3.05) is 20.4 Å². The van der Waals surface area contributed by atoms with Crippen LogP contribution in [0.1, 0.15) is 25.5 Å². The van der Waals surface area contributed by atoms with E-state index >= 15 is 0 Å². The normalized spacial score (nSPS) is 17.8. The van der Waals surface area contributed by atoms with E-state index in [-0.39, 0.29) is 17.9 Å². The summed E-state index contributed by atoms with van der Waals surface area (Å²) in [5.74, 6) is -0.644. The smallest absolute Gasteiger partial charge is 0.338 e. The second kappa shape index (κ2) is 7.31. The zero-order valence-electron chi connectivity index (χ0n) is 14.1. The van der Waals surface area contributed by atoms with Crippen LogP contribution in [0.3, 0.4) is 0 Å². The minimum absolute atomic E-state index is 0.133. The van der Waals surface area contributed by atoms with Gasteiger partial charge in [0.25, 0.3) is 5.69 Å². The summed E-state index contributed by atoms with van der Waals surface area (Å²) in [6.07, 6.45) is 0. The molecule has 0 bridgehead atoms. The molecule has 1 aromatic carbocycles. The van der Waals surface area contributed by atoms with Gasteiger partial charge in [-0.15, -0.1) is 0 Å². The molecular formula is C16H19N3O6. The molecule has 2 amide bonds. The second-order valence-corrected chi connectivity index (χ2v) is 5.43. The number of esters is 1. The summed E-state index contributed by atoms with van der Waals surface area (Å²) in [6, 6.07) is 4.11. The lowest BCUT2D eigenvalue weighted by molar-refractivity contribution is -0.384. The molecule has 0 saturated heterocycles. The van der Waals surface area contributed by atoms with Crippen LogP contribution in [0.25, 0.3) is 0 Å². The molecule has 1 atom stereocenters. The Kier molecular flexibility index (Phi) is 5.38. The van der Waals surface area contributed by atoms with Crippen LogP contribution in [0.4, 0.5) is 10.5 Å². The summed E-state index contributed by atoms with van der Waals surface area (Å²) in [5.41, 5.74) is 0.679. The number of aliphatic hydroxyl groups is 1. The topological polar surface area (TPSA) is 113 Å². The number of amides is 2. The highest BCUT2D eigenvalue weighted by molar-refractivity contribution is 5.95. The number of carbonyl (C=O) groups excluding carboxylic acids is 2. The van der Waals surface area contributed by atoms with E-state index in [0.29, 0.717) is 11.3 Å². The zero-order valence-corrected chi connectivity index (χ0v) is 14.1. The Balaban J connectivity index is 2.66. The molecule has 134 valence electrons. The summed E-state index contributed by atoms with van der Waals surface area (Å²) < 4.78 is 5.08. The summed E-state index contributed by atoms with van der Waals surface area (Å²) >= 11 is 0. The standard InChI is InChI=1S/C16H19N3O6/c1-4-25-15(21)13-10(2)17(3)16(22)18(9-20)14(13)11-6-5-7-12(8-11)19(23)24/h5-8,14,20H,4,9H2,1-3H3. The highest BCUT2D eigenvalue weighted by Crippen LogP contribution is 2.37. The third-order valence-corrected chi connectivity index (χ3v) is 4.06. The minimum Gasteiger partial charge on any atom is -0.463 e. The molecule has 2 rings (SSSR count). The van der Waals surface area contributed by atoms with Crippen molar-refractivity contribution >= 4 is 17.7 Å². The highest BCUT2D eigenvalue weighted by atomic mass is 16.6. The lowest BCUT2D eigenvalue weighted by Crippen LogP contribution is -2.49. The van der Waals surface area contributed by atoms with Gasteiger partial charge in [-0.3, -0.25) is 15.0 Å². The maximum atomic E-state index is 12.5. The van der Waals surface area contributed by atoms with Crippen LogP contribution < -0.4 is 0 Å². The number of nitro groups is 1. The van der Waals surface area contributed by atoms with Crippen molar-refractivity contribution < 1.29 is 24.4 Å². The third kappa shape index (κ3) is 3.31. The number of carbonyl (C=O) groups is 2. The van der Waals surface area contributed by atoms with Gasteiger partial charge in [0.1, 0.15) is 6.73 Å². The van der Waals surface area contributed by atoms with Crippen LogP contribution in [-0.4, -0.2) is 52.2 Å². The van der Waals surface area contributed by atoms with Gasteiger partial charge in [-0.1, -0.05) is 12.1 Å². The fraction of sp³-hybridized carbons (Fsp3) is 0.375. The summed E-state index contributed by atoms with van der Waals surface area (Å²) in [7, 11) is 1.48. The molecule has 0 saturated carbocycles. The zero-order chi connectivity index (χ0) is 18.7. The fourth-order valence-corrected chi connectivity index (χ4v) is 2.75. The van der Waals surface area contributed by atoms with Gasteiger partial charge < -0.3 is 14.7 Å². The van der Waals surface area contributed by atoms with E-state index in [1.165, 1.54) is 30.1 Å². The number of nitrogens with zero attached hydrogens (tertiary/aromatic N) is 3. The van der Waals surface area contributed by atoms with E-state index in [1.54, 1.807) is 19.9 Å². The molecule has 1 unspecified atom stereocenters. The minimum atomic E-state index is -0.979. The molecule has 25 heavy (non-hydrogen) atoms. The first kappa shape index (κ1) is 18.4.